The topological polar surface area (TPSA) is 69.7 Å². The molecule has 6 heteroatoms. The Bertz CT molecular complexity index is 1420. The molecule has 36 heavy (non-hydrogen) atoms. The molecule has 0 amide bonds. The number of para-hydroxylation sites is 1. The van der Waals surface area contributed by atoms with Gasteiger partial charge < -0.3 is 15.2 Å². The van der Waals surface area contributed by atoms with Gasteiger partial charge in [0.2, 0.25) is 11.9 Å². The summed E-state index contributed by atoms with van der Waals surface area (Å²) in [6.07, 6.45) is 4.92. The third-order valence-corrected chi connectivity index (χ3v) is 6.41. The zero-order valence-corrected chi connectivity index (χ0v) is 21.2. The van der Waals surface area contributed by atoms with Gasteiger partial charge in [-0.05, 0) is 55.5 Å². The normalized spacial score (nSPS) is 11.3. The molecule has 2 aromatic heterocycles. The van der Waals surface area contributed by atoms with Crippen molar-refractivity contribution in [2.45, 2.75) is 46.0 Å². The summed E-state index contributed by atoms with van der Waals surface area (Å²) in [4.78, 5) is 20.3. The number of hydrogen-bond acceptors (Lipinski definition) is 5. The SMILES string of the molecule is CCCN(CCC)c1nc(CCCc2ccccc2)nc(Nc2ccc3[nH]c4ccccc4c3c2)n1. The van der Waals surface area contributed by atoms with Crippen molar-refractivity contribution in [3.63, 3.8) is 0 Å². The molecule has 0 saturated heterocycles. The molecule has 0 unspecified atom stereocenters. The number of rotatable bonds is 11. The van der Waals surface area contributed by atoms with Crippen molar-refractivity contribution >= 4 is 39.4 Å². The zero-order valence-electron chi connectivity index (χ0n) is 21.2. The number of H-pyrrole nitrogens is 1. The van der Waals surface area contributed by atoms with Crippen LogP contribution in [0.4, 0.5) is 17.6 Å². The van der Waals surface area contributed by atoms with Crippen LogP contribution in [0, 0.1) is 0 Å². The molecule has 5 rings (SSSR count). The van der Waals surface area contributed by atoms with Crippen LogP contribution >= 0.6 is 0 Å². The Labute approximate surface area is 212 Å². The molecule has 2 heterocycles. The summed E-state index contributed by atoms with van der Waals surface area (Å²) in [6, 6.07) is 25.3. The van der Waals surface area contributed by atoms with E-state index in [9.17, 15) is 0 Å². The Morgan fingerprint density at radius 3 is 2.31 bits per heavy atom. The highest BCUT2D eigenvalue weighted by atomic mass is 15.3. The second-order valence-electron chi connectivity index (χ2n) is 9.26. The van der Waals surface area contributed by atoms with E-state index in [-0.39, 0.29) is 0 Å². The minimum Gasteiger partial charge on any atom is -0.355 e. The van der Waals surface area contributed by atoms with E-state index in [1.165, 1.54) is 16.3 Å². The Hall–Kier alpha value is -3.93. The number of aromatic amines is 1. The van der Waals surface area contributed by atoms with Crippen LogP contribution in [0.1, 0.15) is 44.5 Å². The van der Waals surface area contributed by atoms with Crippen molar-refractivity contribution in [2.75, 3.05) is 23.3 Å². The molecule has 0 aliphatic rings. The van der Waals surface area contributed by atoms with Gasteiger partial charge in [0.15, 0.2) is 0 Å². The Kier molecular flexibility index (Phi) is 7.41. The van der Waals surface area contributed by atoms with Crippen molar-refractivity contribution in [2.24, 2.45) is 0 Å². The first-order valence-corrected chi connectivity index (χ1v) is 13.0. The predicted molar refractivity (Wildman–Crippen MR) is 150 cm³/mol. The average Bonchev–Trinajstić information content (AvgIpc) is 3.27. The van der Waals surface area contributed by atoms with Crippen LogP contribution in [0.15, 0.2) is 72.8 Å². The minimum absolute atomic E-state index is 0.603. The lowest BCUT2D eigenvalue weighted by atomic mass is 10.1. The Balaban J connectivity index is 1.43. The molecule has 6 nitrogen and oxygen atoms in total. The van der Waals surface area contributed by atoms with E-state index in [1.54, 1.807) is 0 Å². The minimum atomic E-state index is 0.603. The van der Waals surface area contributed by atoms with Crippen LogP contribution in [0.5, 0.6) is 0 Å². The summed E-state index contributed by atoms with van der Waals surface area (Å²) in [5.74, 6) is 2.20. The standard InChI is InChI=1S/C30H34N6/c1-3-19-36(20-4-2)30-34-28(16-10-13-22-11-6-5-7-12-22)33-29(35-30)31-23-17-18-27-25(21-23)24-14-8-9-15-26(24)32-27/h5-9,11-12,14-15,17-18,21,32H,3-4,10,13,16,19-20H2,1-2H3,(H,31,33,34,35). The smallest absolute Gasteiger partial charge is 0.232 e. The molecule has 3 aromatic carbocycles. The summed E-state index contributed by atoms with van der Waals surface area (Å²) in [7, 11) is 0. The third-order valence-electron chi connectivity index (χ3n) is 6.41. The van der Waals surface area contributed by atoms with Crippen molar-refractivity contribution in [1.82, 2.24) is 19.9 Å². The highest BCUT2D eigenvalue weighted by Crippen LogP contribution is 2.28. The maximum Gasteiger partial charge on any atom is 0.232 e. The largest absolute Gasteiger partial charge is 0.355 e. The summed E-state index contributed by atoms with van der Waals surface area (Å²) in [6.45, 7) is 6.25. The van der Waals surface area contributed by atoms with Gasteiger partial charge in [-0.1, -0.05) is 62.4 Å². The van der Waals surface area contributed by atoms with Crippen LogP contribution in [0.25, 0.3) is 21.8 Å². The number of benzene rings is 3. The van der Waals surface area contributed by atoms with E-state index in [0.29, 0.717) is 5.95 Å². The van der Waals surface area contributed by atoms with Crippen LogP contribution in [-0.2, 0) is 12.8 Å². The number of aromatic nitrogens is 4. The maximum atomic E-state index is 4.89. The molecule has 0 aliphatic carbocycles. The zero-order chi connectivity index (χ0) is 24.7. The molecule has 0 atom stereocenters. The summed E-state index contributed by atoms with van der Waals surface area (Å²) in [5, 5.41) is 5.88. The quantitative estimate of drug-likeness (QED) is 0.213. The second kappa shape index (κ2) is 11.2. The number of anilines is 3. The summed E-state index contributed by atoms with van der Waals surface area (Å²) < 4.78 is 0. The van der Waals surface area contributed by atoms with Gasteiger partial charge in [0.25, 0.3) is 0 Å². The first-order valence-electron chi connectivity index (χ1n) is 13.0. The molecule has 184 valence electrons. The highest BCUT2D eigenvalue weighted by Gasteiger charge is 2.14. The lowest BCUT2D eigenvalue weighted by Gasteiger charge is -2.22. The van der Waals surface area contributed by atoms with Crippen molar-refractivity contribution in [3.8, 4) is 0 Å². The van der Waals surface area contributed by atoms with Gasteiger partial charge in [-0.2, -0.15) is 15.0 Å². The summed E-state index contributed by atoms with van der Waals surface area (Å²) >= 11 is 0. The fourth-order valence-corrected chi connectivity index (χ4v) is 4.72. The van der Waals surface area contributed by atoms with Gasteiger partial charge in [0.1, 0.15) is 5.82 Å². The van der Waals surface area contributed by atoms with E-state index < -0.39 is 0 Å². The van der Waals surface area contributed by atoms with E-state index >= 15 is 0 Å². The number of aryl methyl sites for hydroxylation is 2. The number of hydrogen-bond donors (Lipinski definition) is 2. The molecule has 0 fully saturated rings. The Morgan fingerprint density at radius 2 is 1.50 bits per heavy atom. The molecule has 2 N–H and O–H groups in total. The monoisotopic (exact) mass is 478 g/mol. The van der Waals surface area contributed by atoms with Crippen molar-refractivity contribution in [3.05, 3.63) is 84.2 Å². The van der Waals surface area contributed by atoms with E-state index in [2.05, 4.69) is 102 Å². The van der Waals surface area contributed by atoms with Gasteiger partial charge in [-0.15, -0.1) is 0 Å². The van der Waals surface area contributed by atoms with Gasteiger partial charge >= 0.3 is 0 Å². The molecular weight excluding hydrogens is 444 g/mol. The van der Waals surface area contributed by atoms with Crippen LogP contribution in [0.2, 0.25) is 0 Å². The highest BCUT2D eigenvalue weighted by molar-refractivity contribution is 6.08. The van der Waals surface area contributed by atoms with E-state index in [1.807, 2.05) is 0 Å². The third kappa shape index (κ3) is 5.48. The number of fused-ring (bicyclic) bond motifs is 3. The van der Waals surface area contributed by atoms with Crippen molar-refractivity contribution in [1.29, 1.82) is 0 Å². The molecular formula is C30H34N6. The summed E-state index contributed by atoms with van der Waals surface area (Å²) in [5.41, 5.74) is 4.58. The maximum absolute atomic E-state index is 4.89. The fourth-order valence-electron chi connectivity index (χ4n) is 4.72. The number of nitrogens with one attached hydrogen (secondary N) is 2. The van der Waals surface area contributed by atoms with E-state index in [4.69, 9.17) is 15.0 Å². The van der Waals surface area contributed by atoms with E-state index in [0.717, 1.165) is 73.7 Å². The van der Waals surface area contributed by atoms with Crippen LogP contribution in [0.3, 0.4) is 0 Å². The Morgan fingerprint density at radius 1 is 0.750 bits per heavy atom. The van der Waals surface area contributed by atoms with Crippen LogP contribution < -0.4 is 10.2 Å². The lowest BCUT2D eigenvalue weighted by Crippen LogP contribution is -2.28. The predicted octanol–water partition coefficient (Wildman–Crippen LogP) is 7.05. The van der Waals surface area contributed by atoms with Crippen molar-refractivity contribution < 1.29 is 0 Å². The molecule has 0 radical (unpaired) electrons. The first-order chi connectivity index (χ1) is 17.7. The second-order valence-corrected chi connectivity index (χ2v) is 9.26. The molecule has 0 saturated carbocycles. The van der Waals surface area contributed by atoms with Gasteiger partial charge in [-0.3, -0.25) is 0 Å². The van der Waals surface area contributed by atoms with Gasteiger partial charge in [0.05, 0.1) is 0 Å². The molecule has 0 aliphatic heterocycles. The molecule has 0 bridgehead atoms. The molecule has 0 spiro atoms. The van der Waals surface area contributed by atoms with Crippen LogP contribution in [-0.4, -0.2) is 33.0 Å². The van der Waals surface area contributed by atoms with Gasteiger partial charge in [-0.25, -0.2) is 0 Å². The average molecular weight is 479 g/mol. The first kappa shape index (κ1) is 23.8. The molecule has 5 aromatic rings. The van der Waals surface area contributed by atoms with Gasteiger partial charge in [0, 0.05) is 47.0 Å². The lowest BCUT2D eigenvalue weighted by molar-refractivity contribution is 0.701. The number of nitrogens with zero attached hydrogens (tertiary/aromatic N) is 4. The fraction of sp³-hybridized carbons (Fsp3) is 0.300.